The molecule has 0 bridgehead atoms. The number of phenols is 1. The number of phenolic OH excluding ortho intramolecular Hbond substituents is 1. The Morgan fingerprint density at radius 1 is 1.05 bits per heavy atom. The van der Waals surface area contributed by atoms with Crippen LogP contribution in [0, 0.1) is 6.92 Å². The average molecular weight is 330 g/mol. The second-order valence-corrected chi connectivity index (χ2v) is 5.45. The van der Waals surface area contributed by atoms with E-state index in [9.17, 15) is 5.11 Å². The number of fused-ring (bicyclic) bond motifs is 1. The van der Waals surface area contributed by atoms with E-state index in [0.29, 0.717) is 11.6 Å². The van der Waals surface area contributed by atoms with E-state index >= 15 is 0 Å². The van der Waals surface area contributed by atoms with E-state index in [4.69, 9.17) is 4.74 Å². The summed E-state index contributed by atoms with van der Waals surface area (Å²) in [4.78, 5) is 4.25. The highest BCUT2D eigenvalue weighted by Gasteiger charge is 2.05. The van der Waals surface area contributed by atoms with Crippen molar-refractivity contribution < 1.29 is 9.84 Å². The Morgan fingerprint density at radius 2 is 1.85 bits per heavy atom. The van der Waals surface area contributed by atoms with Gasteiger partial charge in [-0.15, -0.1) is 0 Å². The van der Waals surface area contributed by atoms with Gasteiger partial charge in [-0.1, -0.05) is 12.1 Å². The minimum atomic E-state index is 0.240. The first-order chi connectivity index (χ1) is 9.61. The summed E-state index contributed by atoms with van der Waals surface area (Å²) in [5.74, 6) is 1.44. The molecule has 0 aliphatic carbocycles. The molecule has 0 atom stereocenters. The lowest BCUT2D eigenvalue weighted by atomic mass is 10.1. The summed E-state index contributed by atoms with van der Waals surface area (Å²) in [6.07, 6.45) is 1.76. The van der Waals surface area contributed by atoms with Crippen molar-refractivity contribution in [1.29, 1.82) is 0 Å². The summed E-state index contributed by atoms with van der Waals surface area (Å²) in [7, 11) is 0. The third-order valence-electron chi connectivity index (χ3n) is 2.95. The first-order valence-electron chi connectivity index (χ1n) is 6.14. The molecule has 100 valence electrons. The highest BCUT2D eigenvalue weighted by atomic mass is 79.9. The summed E-state index contributed by atoms with van der Waals surface area (Å²) < 4.78 is 6.59. The molecule has 0 spiro atoms. The fourth-order valence-electron chi connectivity index (χ4n) is 1.98. The molecular weight excluding hydrogens is 318 g/mol. The Balaban J connectivity index is 1.98. The van der Waals surface area contributed by atoms with Crippen molar-refractivity contribution >= 4 is 26.7 Å². The predicted molar refractivity (Wildman–Crippen MR) is 82.4 cm³/mol. The first kappa shape index (κ1) is 12.9. The standard InChI is InChI=1S/C16H12BrNO2/c1-10-6-15(17)16(18-9-10)20-14-5-3-11-2-4-13(19)7-12(11)8-14/h2-9,19H,1H3. The molecule has 0 aliphatic rings. The van der Waals surface area contributed by atoms with Crippen LogP contribution in [0.2, 0.25) is 0 Å². The van der Waals surface area contributed by atoms with Crippen LogP contribution in [0.25, 0.3) is 10.8 Å². The average Bonchev–Trinajstić information content (AvgIpc) is 2.41. The second-order valence-electron chi connectivity index (χ2n) is 4.59. The number of aromatic hydroxyl groups is 1. The quantitative estimate of drug-likeness (QED) is 0.734. The van der Waals surface area contributed by atoms with Crippen molar-refractivity contribution in [3.63, 3.8) is 0 Å². The number of halogens is 1. The van der Waals surface area contributed by atoms with Gasteiger partial charge in [0, 0.05) is 6.20 Å². The zero-order valence-corrected chi connectivity index (χ0v) is 12.4. The smallest absolute Gasteiger partial charge is 0.233 e. The van der Waals surface area contributed by atoms with Gasteiger partial charge in [0.1, 0.15) is 11.5 Å². The van der Waals surface area contributed by atoms with Crippen LogP contribution in [0.4, 0.5) is 0 Å². The van der Waals surface area contributed by atoms with Gasteiger partial charge in [0.15, 0.2) is 0 Å². The molecule has 1 aromatic heterocycles. The Hall–Kier alpha value is -2.07. The lowest BCUT2D eigenvalue weighted by Crippen LogP contribution is -1.90. The van der Waals surface area contributed by atoms with Crippen LogP contribution >= 0.6 is 15.9 Å². The maximum absolute atomic E-state index is 9.52. The molecule has 0 saturated carbocycles. The van der Waals surface area contributed by atoms with Gasteiger partial charge < -0.3 is 9.84 Å². The van der Waals surface area contributed by atoms with Gasteiger partial charge in [0.2, 0.25) is 5.88 Å². The maximum Gasteiger partial charge on any atom is 0.233 e. The molecule has 20 heavy (non-hydrogen) atoms. The minimum absolute atomic E-state index is 0.240. The second kappa shape index (κ2) is 5.13. The number of ether oxygens (including phenoxy) is 1. The third kappa shape index (κ3) is 2.60. The molecule has 0 radical (unpaired) electrons. The van der Waals surface area contributed by atoms with Crippen molar-refractivity contribution in [2.75, 3.05) is 0 Å². The van der Waals surface area contributed by atoms with Gasteiger partial charge in [-0.2, -0.15) is 0 Å². The molecular formula is C16H12BrNO2. The Bertz CT molecular complexity index is 787. The summed E-state index contributed by atoms with van der Waals surface area (Å²) >= 11 is 3.44. The number of nitrogens with zero attached hydrogens (tertiary/aromatic N) is 1. The van der Waals surface area contributed by atoms with Gasteiger partial charge in [0.25, 0.3) is 0 Å². The van der Waals surface area contributed by atoms with Crippen LogP contribution in [-0.2, 0) is 0 Å². The molecule has 3 aromatic rings. The van der Waals surface area contributed by atoms with Crippen LogP contribution in [0.5, 0.6) is 17.4 Å². The van der Waals surface area contributed by atoms with E-state index in [0.717, 1.165) is 20.8 Å². The number of hydrogen-bond donors (Lipinski definition) is 1. The van der Waals surface area contributed by atoms with Gasteiger partial charge >= 0.3 is 0 Å². The number of aryl methyl sites for hydroxylation is 1. The minimum Gasteiger partial charge on any atom is -0.508 e. The summed E-state index contributed by atoms with van der Waals surface area (Å²) in [5, 5.41) is 11.5. The Kier molecular flexibility index (Phi) is 3.32. The van der Waals surface area contributed by atoms with Crippen molar-refractivity contribution in [2.45, 2.75) is 6.92 Å². The van der Waals surface area contributed by atoms with E-state index in [1.807, 2.05) is 37.3 Å². The monoisotopic (exact) mass is 329 g/mol. The lowest BCUT2D eigenvalue weighted by Gasteiger charge is -2.08. The predicted octanol–water partition coefficient (Wildman–Crippen LogP) is 4.80. The molecule has 0 unspecified atom stereocenters. The molecule has 4 heteroatoms. The van der Waals surface area contributed by atoms with Crippen LogP contribution in [-0.4, -0.2) is 10.1 Å². The number of hydrogen-bond acceptors (Lipinski definition) is 3. The largest absolute Gasteiger partial charge is 0.508 e. The van der Waals surface area contributed by atoms with Crippen molar-refractivity contribution in [3.05, 3.63) is 58.7 Å². The van der Waals surface area contributed by atoms with E-state index in [-0.39, 0.29) is 5.75 Å². The molecule has 1 heterocycles. The van der Waals surface area contributed by atoms with Crippen LogP contribution in [0.1, 0.15) is 5.56 Å². The Labute approximate surface area is 125 Å². The zero-order valence-electron chi connectivity index (χ0n) is 10.8. The topological polar surface area (TPSA) is 42.4 Å². The van der Waals surface area contributed by atoms with Gasteiger partial charge in [-0.3, -0.25) is 0 Å². The third-order valence-corrected chi connectivity index (χ3v) is 3.52. The van der Waals surface area contributed by atoms with Gasteiger partial charge in [-0.25, -0.2) is 4.98 Å². The molecule has 1 N–H and O–H groups in total. The Morgan fingerprint density at radius 3 is 2.65 bits per heavy atom. The number of pyridine rings is 1. The fourth-order valence-corrected chi connectivity index (χ4v) is 2.53. The molecule has 2 aromatic carbocycles. The van der Waals surface area contributed by atoms with E-state index < -0.39 is 0 Å². The number of benzene rings is 2. The van der Waals surface area contributed by atoms with Crippen molar-refractivity contribution in [2.24, 2.45) is 0 Å². The van der Waals surface area contributed by atoms with Crippen LogP contribution in [0.15, 0.2) is 53.1 Å². The fraction of sp³-hybridized carbons (Fsp3) is 0.0625. The number of aromatic nitrogens is 1. The zero-order chi connectivity index (χ0) is 14.1. The molecule has 3 nitrogen and oxygen atoms in total. The molecule has 0 fully saturated rings. The lowest BCUT2D eigenvalue weighted by molar-refractivity contribution is 0.460. The van der Waals surface area contributed by atoms with Crippen molar-refractivity contribution in [1.82, 2.24) is 4.98 Å². The van der Waals surface area contributed by atoms with E-state index in [2.05, 4.69) is 20.9 Å². The summed E-state index contributed by atoms with van der Waals surface area (Å²) in [6, 6.07) is 12.9. The van der Waals surface area contributed by atoms with Crippen LogP contribution < -0.4 is 4.74 Å². The highest BCUT2D eigenvalue weighted by molar-refractivity contribution is 9.10. The van der Waals surface area contributed by atoms with Crippen molar-refractivity contribution in [3.8, 4) is 17.4 Å². The highest BCUT2D eigenvalue weighted by Crippen LogP contribution is 2.30. The molecule has 3 rings (SSSR count). The van der Waals surface area contributed by atoms with Crippen LogP contribution in [0.3, 0.4) is 0 Å². The number of rotatable bonds is 2. The molecule has 0 saturated heterocycles. The summed E-state index contributed by atoms with van der Waals surface area (Å²) in [5.41, 5.74) is 1.06. The van der Waals surface area contributed by atoms with E-state index in [1.54, 1.807) is 18.3 Å². The van der Waals surface area contributed by atoms with E-state index in [1.165, 1.54) is 0 Å². The molecule has 0 aliphatic heterocycles. The maximum atomic E-state index is 9.52. The van der Waals surface area contributed by atoms with Gasteiger partial charge in [-0.05, 0) is 69.5 Å². The summed E-state index contributed by atoms with van der Waals surface area (Å²) in [6.45, 7) is 1.97. The van der Waals surface area contributed by atoms with Gasteiger partial charge in [0.05, 0.1) is 4.47 Å². The first-order valence-corrected chi connectivity index (χ1v) is 6.94. The SMILES string of the molecule is Cc1cnc(Oc2ccc3ccc(O)cc3c2)c(Br)c1. The molecule has 0 amide bonds. The normalized spacial score (nSPS) is 10.7.